The van der Waals surface area contributed by atoms with E-state index in [1.165, 1.54) is 31.2 Å². The maximum atomic E-state index is 12.9. The Kier molecular flexibility index (Phi) is 3.83. The summed E-state index contributed by atoms with van der Waals surface area (Å²) in [6.07, 6.45) is -1.27. The van der Waals surface area contributed by atoms with E-state index in [1.54, 1.807) is 6.07 Å². The van der Waals surface area contributed by atoms with Crippen LogP contribution in [0.5, 0.6) is 0 Å². The van der Waals surface area contributed by atoms with Gasteiger partial charge in [-0.2, -0.15) is 8.42 Å². The lowest BCUT2D eigenvalue weighted by Crippen LogP contribution is -2.34. The van der Waals surface area contributed by atoms with E-state index >= 15 is 0 Å². The Bertz CT molecular complexity index is 460. The number of carbonyl (C=O) groups excluding carboxylic acids is 1. The standard InChI is InChI=1S/C9H10FNO4S/c1-2-15-9(12)11(16(10,13)14)8-6-4-3-5-7-8/h3-7H,2H2,1H3. The molecule has 0 heterocycles. The maximum absolute atomic E-state index is 12.9. The Morgan fingerprint density at radius 3 is 2.38 bits per heavy atom. The molecule has 1 aromatic rings. The van der Waals surface area contributed by atoms with E-state index in [-0.39, 0.29) is 16.6 Å². The van der Waals surface area contributed by atoms with Crippen LogP contribution in [0.2, 0.25) is 0 Å². The molecule has 0 unspecified atom stereocenters. The SMILES string of the molecule is CCOC(=O)N(c1ccccc1)S(=O)(=O)F. The number of benzene rings is 1. The predicted molar refractivity (Wildman–Crippen MR) is 56.0 cm³/mol. The van der Waals surface area contributed by atoms with Crippen molar-refractivity contribution in [1.82, 2.24) is 0 Å². The number of hydrogen-bond donors (Lipinski definition) is 0. The Balaban J connectivity index is 3.13. The van der Waals surface area contributed by atoms with E-state index in [2.05, 4.69) is 4.74 Å². The summed E-state index contributed by atoms with van der Waals surface area (Å²) >= 11 is 0. The fraction of sp³-hybridized carbons (Fsp3) is 0.222. The number of ether oxygens (including phenoxy) is 1. The highest BCUT2D eigenvalue weighted by Crippen LogP contribution is 2.19. The van der Waals surface area contributed by atoms with E-state index < -0.39 is 16.5 Å². The number of amides is 1. The minimum absolute atomic E-state index is 0.0312. The molecule has 0 fully saturated rings. The molecule has 0 spiro atoms. The third-order valence-electron chi connectivity index (χ3n) is 1.64. The largest absolute Gasteiger partial charge is 0.449 e. The number of nitrogens with zero attached hydrogens (tertiary/aromatic N) is 1. The lowest BCUT2D eigenvalue weighted by Gasteiger charge is -2.16. The third kappa shape index (κ3) is 2.93. The fourth-order valence-corrected chi connectivity index (χ4v) is 1.67. The molecule has 1 rings (SSSR count). The summed E-state index contributed by atoms with van der Waals surface area (Å²) in [5.74, 6) is 0. The van der Waals surface area contributed by atoms with Gasteiger partial charge in [0.2, 0.25) is 0 Å². The minimum atomic E-state index is -5.18. The highest BCUT2D eigenvalue weighted by Gasteiger charge is 2.30. The summed E-state index contributed by atoms with van der Waals surface area (Å²) < 4.78 is 38.9. The van der Waals surface area contributed by atoms with Crippen LogP contribution in [-0.4, -0.2) is 21.1 Å². The number of hydrogen-bond acceptors (Lipinski definition) is 4. The molecule has 88 valence electrons. The van der Waals surface area contributed by atoms with Crippen LogP contribution in [0.15, 0.2) is 30.3 Å². The Labute approximate surface area is 92.8 Å². The summed E-state index contributed by atoms with van der Waals surface area (Å²) in [5, 5.41) is 0. The second-order valence-electron chi connectivity index (χ2n) is 2.74. The summed E-state index contributed by atoms with van der Waals surface area (Å²) in [6.45, 7) is 1.45. The van der Waals surface area contributed by atoms with Crippen LogP contribution in [-0.2, 0) is 15.1 Å². The zero-order valence-corrected chi connectivity index (χ0v) is 9.28. The second kappa shape index (κ2) is 4.93. The van der Waals surface area contributed by atoms with Crippen molar-refractivity contribution in [2.45, 2.75) is 6.92 Å². The molecule has 7 heteroatoms. The van der Waals surface area contributed by atoms with Crippen molar-refractivity contribution in [3.63, 3.8) is 0 Å². The summed E-state index contributed by atoms with van der Waals surface area (Å²) in [7, 11) is -5.18. The fourth-order valence-electron chi connectivity index (χ4n) is 1.07. The van der Waals surface area contributed by atoms with Crippen LogP contribution in [0, 0.1) is 0 Å². The lowest BCUT2D eigenvalue weighted by molar-refractivity contribution is 0.164. The molecule has 0 radical (unpaired) electrons. The van der Waals surface area contributed by atoms with Crippen LogP contribution in [0.1, 0.15) is 6.92 Å². The zero-order valence-electron chi connectivity index (χ0n) is 8.46. The first-order valence-corrected chi connectivity index (χ1v) is 5.77. The van der Waals surface area contributed by atoms with Crippen LogP contribution in [0.3, 0.4) is 0 Å². The Hall–Kier alpha value is -1.63. The second-order valence-corrected chi connectivity index (χ2v) is 3.93. The van der Waals surface area contributed by atoms with E-state index in [4.69, 9.17) is 0 Å². The molecule has 0 N–H and O–H groups in total. The van der Waals surface area contributed by atoms with Crippen molar-refractivity contribution < 1.29 is 21.8 Å². The van der Waals surface area contributed by atoms with Crippen molar-refractivity contribution >= 4 is 22.2 Å². The number of anilines is 1. The molecule has 0 aromatic heterocycles. The molecule has 1 amide bonds. The van der Waals surface area contributed by atoms with Gasteiger partial charge in [0.05, 0.1) is 12.3 Å². The average Bonchev–Trinajstić information content (AvgIpc) is 2.17. The van der Waals surface area contributed by atoms with E-state index in [0.717, 1.165) is 0 Å². The van der Waals surface area contributed by atoms with Gasteiger partial charge < -0.3 is 4.74 Å². The number of para-hydroxylation sites is 1. The van der Waals surface area contributed by atoms with Gasteiger partial charge >= 0.3 is 16.5 Å². The minimum Gasteiger partial charge on any atom is -0.449 e. The molecular formula is C9H10FNO4S. The van der Waals surface area contributed by atoms with Crippen molar-refractivity contribution in [1.29, 1.82) is 0 Å². The topological polar surface area (TPSA) is 63.7 Å². The van der Waals surface area contributed by atoms with E-state index in [0.29, 0.717) is 0 Å². The van der Waals surface area contributed by atoms with Gasteiger partial charge in [-0.05, 0) is 19.1 Å². The Morgan fingerprint density at radius 1 is 1.38 bits per heavy atom. The van der Waals surface area contributed by atoms with Crippen molar-refractivity contribution in [3.05, 3.63) is 30.3 Å². The van der Waals surface area contributed by atoms with Crippen LogP contribution < -0.4 is 4.31 Å². The van der Waals surface area contributed by atoms with Crippen LogP contribution in [0.4, 0.5) is 14.4 Å². The molecule has 0 atom stereocenters. The van der Waals surface area contributed by atoms with Gasteiger partial charge in [0.25, 0.3) is 0 Å². The predicted octanol–water partition coefficient (Wildman–Crippen LogP) is 1.86. The van der Waals surface area contributed by atoms with Crippen molar-refractivity contribution in [2.75, 3.05) is 10.9 Å². The van der Waals surface area contributed by atoms with Gasteiger partial charge in [-0.1, -0.05) is 22.1 Å². The number of carbonyl (C=O) groups is 1. The zero-order chi connectivity index (χ0) is 12.2. The molecule has 1 aromatic carbocycles. The normalized spacial score (nSPS) is 10.9. The summed E-state index contributed by atoms with van der Waals surface area (Å²) in [4.78, 5) is 11.3. The highest BCUT2D eigenvalue weighted by molar-refractivity contribution is 7.88. The first-order valence-electron chi connectivity index (χ1n) is 4.43. The van der Waals surface area contributed by atoms with Gasteiger partial charge in [-0.15, -0.1) is 4.31 Å². The smallest absolute Gasteiger partial charge is 0.430 e. The molecule has 0 aliphatic heterocycles. The van der Waals surface area contributed by atoms with Gasteiger partial charge in [0, 0.05) is 0 Å². The van der Waals surface area contributed by atoms with Crippen molar-refractivity contribution in [2.24, 2.45) is 0 Å². The van der Waals surface area contributed by atoms with Gasteiger partial charge in [-0.3, -0.25) is 0 Å². The summed E-state index contributed by atoms with van der Waals surface area (Å²) in [5.41, 5.74) is -0.108. The maximum Gasteiger partial charge on any atom is 0.430 e. The molecule has 0 saturated heterocycles. The Morgan fingerprint density at radius 2 is 1.94 bits per heavy atom. The van der Waals surface area contributed by atoms with Crippen LogP contribution in [0.25, 0.3) is 0 Å². The molecule has 0 saturated carbocycles. The van der Waals surface area contributed by atoms with Crippen molar-refractivity contribution in [3.8, 4) is 0 Å². The first-order chi connectivity index (χ1) is 7.46. The quantitative estimate of drug-likeness (QED) is 0.765. The first kappa shape index (κ1) is 12.4. The van der Waals surface area contributed by atoms with E-state index in [9.17, 15) is 17.1 Å². The highest BCUT2D eigenvalue weighted by atomic mass is 32.3. The molecule has 0 aliphatic carbocycles. The number of halogens is 1. The molecular weight excluding hydrogens is 237 g/mol. The molecule has 0 bridgehead atoms. The van der Waals surface area contributed by atoms with Gasteiger partial charge in [0.15, 0.2) is 0 Å². The third-order valence-corrected chi connectivity index (χ3v) is 2.44. The molecule has 0 aliphatic rings. The average molecular weight is 247 g/mol. The monoisotopic (exact) mass is 247 g/mol. The summed E-state index contributed by atoms with van der Waals surface area (Å²) in [6, 6.07) is 7.14. The van der Waals surface area contributed by atoms with E-state index in [1.807, 2.05) is 0 Å². The molecule has 16 heavy (non-hydrogen) atoms. The number of rotatable bonds is 3. The van der Waals surface area contributed by atoms with Gasteiger partial charge in [0.1, 0.15) is 0 Å². The molecule has 5 nitrogen and oxygen atoms in total. The van der Waals surface area contributed by atoms with Crippen LogP contribution >= 0.6 is 0 Å². The van der Waals surface area contributed by atoms with Gasteiger partial charge in [-0.25, -0.2) is 4.79 Å². The lowest BCUT2D eigenvalue weighted by atomic mass is 10.3.